The van der Waals surface area contributed by atoms with E-state index in [9.17, 15) is 37.5 Å². The van der Waals surface area contributed by atoms with E-state index in [2.05, 4.69) is 42.8 Å². The van der Waals surface area contributed by atoms with Crippen LogP contribution in [0.15, 0.2) is 42.6 Å². The monoisotopic (exact) mass is 842 g/mol. The molecule has 3 aromatic rings. The van der Waals surface area contributed by atoms with Crippen LogP contribution in [0.25, 0.3) is 0 Å². The highest BCUT2D eigenvalue weighted by molar-refractivity contribution is 6.25. The van der Waals surface area contributed by atoms with Gasteiger partial charge in [0.15, 0.2) is 5.82 Å². The summed E-state index contributed by atoms with van der Waals surface area (Å²) in [6.45, 7) is 3.97. The number of benzene rings is 2. The summed E-state index contributed by atoms with van der Waals surface area (Å²) in [5, 5.41) is 8.43. The lowest BCUT2D eigenvalue weighted by Gasteiger charge is -2.47. The number of nitrogens with one attached hydrogen (secondary N) is 3. The number of hydrogen-bond acceptors (Lipinski definition) is 13. The smallest absolute Gasteiger partial charge is 0.342 e. The van der Waals surface area contributed by atoms with Crippen molar-refractivity contribution in [3.63, 3.8) is 0 Å². The maximum Gasteiger partial charge on any atom is 0.342 e. The van der Waals surface area contributed by atoms with Crippen LogP contribution in [0.3, 0.4) is 0 Å². The van der Waals surface area contributed by atoms with Gasteiger partial charge in [-0.2, -0.15) is 13.8 Å². The molecule has 322 valence electrons. The van der Waals surface area contributed by atoms with E-state index in [4.69, 9.17) is 4.74 Å². The van der Waals surface area contributed by atoms with Crippen LogP contribution in [0.4, 0.5) is 37.6 Å². The van der Waals surface area contributed by atoms with Gasteiger partial charge < -0.3 is 35.0 Å². The van der Waals surface area contributed by atoms with Crippen molar-refractivity contribution in [2.75, 3.05) is 60.9 Å². The topological polar surface area (TPSA) is 190 Å². The van der Waals surface area contributed by atoms with Gasteiger partial charge in [-0.05, 0) is 83.3 Å². The number of nitrogens with zero attached hydrogens (tertiary/aromatic N) is 7. The van der Waals surface area contributed by atoms with Gasteiger partial charge in [0.2, 0.25) is 17.8 Å². The highest BCUT2D eigenvalue weighted by atomic mass is 19.3. The molecule has 1 atom stereocenters. The minimum absolute atomic E-state index is 0.0270. The first-order valence-electron chi connectivity index (χ1n) is 20.4. The maximum absolute atomic E-state index is 14.8. The zero-order chi connectivity index (χ0) is 43.5. The lowest BCUT2D eigenvalue weighted by atomic mass is 9.83. The van der Waals surface area contributed by atoms with E-state index in [1.54, 1.807) is 44.2 Å². The predicted molar refractivity (Wildman–Crippen MR) is 220 cm³/mol. The molecule has 0 radical (unpaired) electrons. The highest BCUT2D eigenvalue weighted by Gasteiger charge is 2.49. The summed E-state index contributed by atoms with van der Waals surface area (Å²) < 4.78 is 35.1. The number of imide groups is 2. The van der Waals surface area contributed by atoms with Crippen molar-refractivity contribution in [1.29, 1.82) is 0 Å². The second-order valence-electron chi connectivity index (χ2n) is 16.6. The van der Waals surface area contributed by atoms with Crippen molar-refractivity contribution in [3.05, 3.63) is 59.3 Å². The van der Waals surface area contributed by atoms with Gasteiger partial charge in [0, 0.05) is 56.3 Å². The van der Waals surface area contributed by atoms with Gasteiger partial charge in [0.1, 0.15) is 17.5 Å². The van der Waals surface area contributed by atoms with Crippen molar-refractivity contribution in [2.45, 2.75) is 88.5 Å². The van der Waals surface area contributed by atoms with Gasteiger partial charge >= 0.3 is 5.92 Å². The molecule has 3 N–H and O–H groups in total. The molecule has 2 saturated heterocycles. The van der Waals surface area contributed by atoms with Crippen molar-refractivity contribution in [2.24, 2.45) is 0 Å². The van der Waals surface area contributed by atoms with Gasteiger partial charge in [-0.15, -0.1) is 0 Å². The molecule has 3 fully saturated rings. The number of carbonyl (C=O) groups is 6. The molecule has 61 heavy (non-hydrogen) atoms. The first-order valence-corrected chi connectivity index (χ1v) is 20.4. The maximum atomic E-state index is 14.8. The van der Waals surface area contributed by atoms with Crippen LogP contribution < -0.4 is 35.4 Å². The van der Waals surface area contributed by atoms with E-state index >= 15 is 0 Å². The number of ether oxygens (including phenoxy) is 1. The first-order chi connectivity index (χ1) is 29.1. The SMILES string of the molecule is COc1cc(C(=O)NC2CC(N(C)C3CCN(c4cccc5c4C(=O)N(C4CCC(=O)NC4=O)C5=O)CC3)C2)ccc1Nc1ncc2c(n1)N(C(C)C)CC(F)(F)C(=O)N2C. The van der Waals surface area contributed by atoms with E-state index in [1.807, 2.05) is 6.07 Å². The summed E-state index contributed by atoms with van der Waals surface area (Å²) in [5.74, 6) is -6.70. The lowest BCUT2D eigenvalue weighted by molar-refractivity contribution is -0.140. The molecule has 5 heterocycles. The third kappa shape index (κ3) is 7.59. The molecule has 0 spiro atoms. The summed E-state index contributed by atoms with van der Waals surface area (Å²) in [7, 11) is 4.83. The molecule has 5 aliphatic rings. The Morgan fingerprint density at radius 2 is 1.74 bits per heavy atom. The van der Waals surface area contributed by atoms with Crippen molar-refractivity contribution in [3.8, 4) is 5.75 Å². The second-order valence-corrected chi connectivity index (χ2v) is 16.6. The standard InChI is InChI=1S/C42H48F2N10O7/c1-22(2)53-21-42(43,44)40(60)51(4)31-20-45-41(49-35(31)53)47-28-10-9-23(17-32(28)61-5)36(56)46-24-18-26(19-24)50(3)25-13-15-52(16-14-25)29-8-6-7-27-34(29)39(59)54(38(27)58)30-11-12-33(55)48-37(30)57/h6-10,17,20,22,24-26,30H,11-16,18-19,21H2,1-5H3,(H,46,56)(H,45,47,49)(H,48,55,57). The number of aromatic nitrogens is 2. The molecular weight excluding hydrogens is 795 g/mol. The van der Waals surface area contributed by atoms with Crippen LogP contribution in [-0.4, -0.2) is 132 Å². The summed E-state index contributed by atoms with van der Waals surface area (Å²) in [6.07, 6.45) is 4.68. The number of fused-ring (bicyclic) bond motifs is 2. The Bertz CT molecular complexity index is 2310. The molecule has 17 nitrogen and oxygen atoms in total. The second kappa shape index (κ2) is 16.0. The average molecular weight is 843 g/mol. The molecule has 1 aromatic heterocycles. The van der Waals surface area contributed by atoms with Gasteiger partial charge in [0.25, 0.3) is 23.6 Å². The molecule has 19 heteroatoms. The summed E-state index contributed by atoms with van der Waals surface area (Å²) >= 11 is 0. The number of carbonyl (C=O) groups excluding carboxylic acids is 6. The minimum Gasteiger partial charge on any atom is -0.495 e. The number of halogens is 2. The number of alkyl halides is 2. The quantitative estimate of drug-likeness (QED) is 0.253. The highest BCUT2D eigenvalue weighted by Crippen LogP contribution is 2.39. The van der Waals surface area contributed by atoms with Gasteiger partial charge in [-0.1, -0.05) is 6.07 Å². The zero-order valence-corrected chi connectivity index (χ0v) is 34.5. The molecule has 2 aromatic carbocycles. The average Bonchev–Trinajstić information content (AvgIpc) is 3.44. The number of anilines is 5. The Hall–Kier alpha value is -6.24. The van der Waals surface area contributed by atoms with Crippen molar-refractivity contribution in [1.82, 2.24) is 30.4 Å². The van der Waals surface area contributed by atoms with E-state index in [1.165, 1.54) is 25.3 Å². The number of amides is 6. The van der Waals surface area contributed by atoms with Crippen molar-refractivity contribution < 1.29 is 42.3 Å². The number of hydrogen-bond donors (Lipinski definition) is 3. The minimum atomic E-state index is -3.62. The third-order valence-corrected chi connectivity index (χ3v) is 12.6. The van der Waals surface area contributed by atoms with Crippen LogP contribution in [0.2, 0.25) is 0 Å². The fourth-order valence-corrected chi connectivity index (χ4v) is 8.95. The molecule has 8 rings (SSSR count). The van der Waals surface area contributed by atoms with Crippen LogP contribution >= 0.6 is 0 Å². The Morgan fingerprint density at radius 1 is 1.00 bits per heavy atom. The summed E-state index contributed by atoms with van der Waals surface area (Å²) in [6, 6.07) is 9.19. The van der Waals surface area contributed by atoms with Gasteiger partial charge in [0.05, 0.1) is 42.4 Å². The lowest BCUT2D eigenvalue weighted by Crippen LogP contribution is -2.56. The van der Waals surface area contributed by atoms with Crippen LogP contribution in [0.5, 0.6) is 5.75 Å². The Balaban J connectivity index is 0.849. The molecule has 1 aliphatic carbocycles. The molecule has 4 aliphatic heterocycles. The van der Waals surface area contributed by atoms with E-state index < -0.39 is 54.1 Å². The Kier molecular flexibility index (Phi) is 10.9. The van der Waals surface area contributed by atoms with Gasteiger partial charge in [-0.3, -0.25) is 39.0 Å². The van der Waals surface area contributed by atoms with Crippen molar-refractivity contribution >= 4 is 64.3 Å². The van der Waals surface area contributed by atoms with Crippen LogP contribution in [-0.2, 0) is 14.4 Å². The molecular formula is C42H48F2N10O7. The fraction of sp³-hybridized carbons (Fsp3) is 0.476. The molecule has 1 unspecified atom stereocenters. The Labute approximate surface area is 350 Å². The summed E-state index contributed by atoms with van der Waals surface area (Å²) in [5.41, 5.74) is 2.21. The number of methoxy groups -OCH3 is 1. The predicted octanol–water partition coefficient (Wildman–Crippen LogP) is 3.32. The Morgan fingerprint density at radius 3 is 2.43 bits per heavy atom. The van der Waals surface area contributed by atoms with E-state index in [0.717, 1.165) is 35.5 Å². The third-order valence-electron chi connectivity index (χ3n) is 12.6. The molecule has 1 saturated carbocycles. The van der Waals surface area contributed by atoms with Crippen LogP contribution in [0.1, 0.15) is 83.4 Å². The van der Waals surface area contributed by atoms with Gasteiger partial charge in [-0.25, -0.2) is 4.98 Å². The summed E-state index contributed by atoms with van der Waals surface area (Å²) in [4.78, 5) is 93.7. The fourth-order valence-electron chi connectivity index (χ4n) is 8.95. The zero-order valence-electron chi connectivity index (χ0n) is 34.5. The first kappa shape index (κ1) is 41.5. The normalized spacial score (nSPS) is 22.8. The largest absolute Gasteiger partial charge is 0.495 e. The van der Waals surface area contributed by atoms with Crippen LogP contribution in [0, 0.1) is 0 Å². The van der Waals surface area contributed by atoms with E-state index in [-0.39, 0.29) is 59.9 Å². The molecule has 6 amide bonds. The van der Waals surface area contributed by atoms with E-state index in [0.29, 0.717) is 41.3 Å². The number of rotatable bonds is 10. The number of piperidine rings is 2. The molecule has 0 bridgehead atoms.